The van der Waals surface area contributed by atoms with Crippen molar-refractivity contribution in [2.45, 2.75) is 12.8 Å². The molecule has 1 aliphatic rings. The van der Waals surface area contributed by atoms with E-state index in [0.29, 0.717) is 5.13 Å². The molecule has 1 aromatic rings. The highest BCUT2D eigenvalue weighted by Gasteiger charge is 2.19. The molecule has 0 aromatic carbocycles. The van der Waals surface area contributed by atoms with E-state index in [1.54, 1.807) is 0 Å². The lowest BCUT2D eigenvalue weighted by atomic mass is 10.4. The third kappa shape index (κ3) is 2.65. The summed E-state index contributed by atoms with van der Waals surface area (Å²) in [5, 5.41) is 7.76. The Hall–Kier alpha value is -0.820. The Kier molecular flexibility index (Phi) is 3.65. The van der Waals surface area contributed by atoms with Gasteiger partial charge >= 0.3 is 0 Å². The second kappa shape index (κ2) is 5.01. The maximum absolute atomic E-state index is 12.4. The van der Waals surface area contributed by atoms with Gasteiger partial charge in [0.15, 0.2) is 5.01 Å². The maximum atomic E-state index is 12.4. The minimum atomic E-state index is -2.51. The van der Waals surface area contributed by atoms with Gasteiger partial charge in [-0.2, -0.15) is 0 Å². The first kappa shape index (κ1) is 11.7. The first-order valence-corrected chi connectivity index (χ1v) is 6.03. The summed E-state index contributed by atoms with van der Waals surface area (Å²) < 4.78 is 24.7. The largest absolute Gasteiger partial charge is 0.345 e. The highest BCUT2D eigenvalue weighted by molar-refractivity contribution is 7.15. The maximum Gasteiger partial charge on any atom is 0.291 e. The van der Waals surface area contributed by atoms with Gasteiger partial charge in [-0.3, -0.25) is 0 Å². The van der Waals surface area contributed by atoms with Crippen molar-refractivity contribution in [3.8, 4) is 0 Å². The van der Waals surface area contributed by atoms with Gasteiger partial charge in [-0.25, -0.2) is 8.78 Å². The topological polar surface area (TPSA) is 32.3 Å². The molecule has 4 nitrogen and oxygen atoms in total. The van der Waals surface area contributed by atoms with Crippen LogP contribution in [0.15, 0.2) is 0 Å². The fraction of sp³-hybridized carbons (Fsp3) is 0.778. The molecule has 0 N–H and O–H groups in total. The number of hydrogen-bond acceptors (Lipinski definition) is 5. The molecule has 0 spiro atoms. The zero-order chi connectivity index (χ0) is 11.5. The molecule has 0 saturated carbocycles. The Balaban J connectivity index is 2.05. The van der Waals surface area contributed by atoms with E-state index in [0.717, 1.165) is 43.9 Å². The molecular formula is C9H14F2N4S. The summed E-state index contributed by atoms with van der Waals surface area (Å²) in [4.78, 5) is 4.27. The highest BCUT2D eigenvalue weighted by Crippen LogP contribution is 2.28. The molecule has 0 amide bonds. The number of alkyl halides is 2. The first-order valence-electron chi connectivity index (χ1n) is 5.22. The van der Waals surface area contributed by atoms with Gasteiger partial charge in [0.2, 0.25) is 5.13 Å². The number of anilines is 1. The van der Waals surface area contributed by atoms with Crippen LogP contribution in [0.25, 0.3) is 0 Å². The first-order chi connectivity index (χ1) is 7.66. The Morgan fingerprint density at radius 2 is 2.00 bits per heavy atom. The highest BCUT2D eigenvalue weighted by atomic mass is 32.1. The second-order valence-corrected chi connectivity index (χ2v) is 4.85. The molecule has 2 rings (SSSR count). The third-order valence-corrected chi connectivity index (χ3v) is 3.60. The van der Waals surface area contributed by atoms with E-state index in [1.807, 2.05) is 4.90 Å². The van der Waals surface area contributed by atoms with Crippen LogP contribution in [0, 0.1) is 0 Å². The van der Waals surface area contributed by atoms with E-state index in [1.165, 1.54) is 0 Å². The van der Waals surface area contributed by atoms with Crippen molar-refractivity contribution >= 4 is 16.5 Å². The van der Waals surface area contributed by atoms with Crippen molar-refractivity contribution in [3.63, 3.8) is 0 Å². The summed E-state index contributed by atoms with van der Waals surface area (Å²) in [6.45, 7) is 3.66. The molecule has 2 heterocycles. The van der Waals surface area contributed by atoms with E-state index < -0.39 is 6.43 Å². The summed E-state index contributed by atoms with van der Waals surface area (Å²) >= 11 is 0.993. The number of hydrogen-bond donors (Lipinski definition) is 0. The monoisotopic (exact) mass is 248 g/mol. The van der Waals surface area contributed by atoms with Crippen LogP contribution in [0.1, 0.15) is 17.9 Å². The molecule has 0 radical (unpaired) electrons. The predicted molar refractivity (Wildman–Crippen MR) is 59.2 cm³/mol. The van der Waals surface area contributed by atoms with Gasteiger partial charge in [0, 0.05) is 19.6 Å². The SMILES string of the molecule is CN1CCCN(c2nnc(C(F)F)s2)CC1. The fourth-order valence-corrected chi connectivity index (χ4v) is 2.43. The van der Waals surface area contributed by atoms with Gasteiger partial charge in [-0.15, -0.1) is 10.2 Å². The van der Waals surface area contributed by atoms with E-state index >= 15 is 0 Å². The van der Waals surface area contributed by atoms with Crippen LogP contribution in [0.3, 0.4) is 0 Å². The summed E-state index contributed by atoms with van der Waals surface area (Å²) in [7, 11) is 2.06. The fourth-order valence-electron chi connectivity index (χ4n) is 1.68. The quantitative estimate of drug-likeness (QED) is 0.796. The van der Waals surface area contributed by atoms with Crippen LogP contribution in [0.5, 0.6) is 0 Å². The summed E-state index contributed by atoms with van der Waals surface area (Å²) in [5.41, 5.74) is 0. The molecule has 7 heteroatoms. The molecule has 0 atom stereocenters. The second-order valence-electron chi connectivity index (χ2n) is 3.87. The molecule has 1 saturated heterocycles. The Labute approximate surface area is 96.9 Å². The van der Waals surface area contributed by atoms with Crippen LogP contribution in [-0.4, -0.2) is 48.3 Å². The molecule has 0 aliphatic carbocycles. The smallest absolute Gasteiger partial charge is 0.291 e. The summed E-state index contributed by atoms with van der Waals surface area (Å²) in [6.07, 6.45) is -1.49. The molecule has 1 aromatic heterocycles. The minimum Gasteiger partial charge on any atom is -0.345 e. The zero-order valence-corrected chi connectivity index (χ0v) is 9.88. The van der Waals surface area contributed by atoms with Crippen LogP contribution in [0.4, 0.5) is 13.9 Å². The lowest BCUT2D eigenvalue weighted by Crippen LogP contribution is -2.28. The van der Waals surface area contributed by atoms with Crippen molar-refractivity contribution < 1.29 is 8.78 Å². The van der Waals surface area contributed by atoms with Crippen LogP contribution in [-0.2, 0) is 0 Å². The standard InChI is InChI=1S/C9H14F2N4S/c1-14-3-2-4-15(6-5-14)9-13-12-8(16-9)7(10)11/h7H,2-6H2,1H3. The van der Waals surface area contributed by atoms with Gasteiger partial charge in [-0.1, -0.05) is 11.3 Å². The van der Waals surface area contributed by atoms with Crippen LogP contribution >= 0.6 is 11.3 Å². The molecule has 1 aliphatic heterocycles. The van der Waals surface area contributed by atoms with E-state index in [2.05, 4.69) is 22.1 Å². The van der Waals surface area contributed by atoms with Crippen molar-refractivity contribution in [1.29, 1.82) is 0 Å². The van der Waals surface area contributed by atoms with Crippen molar-refractivity contribution in [3.05, 3.63) is 5.01 Å². The molecule has 16 heavy (non-hydrogen) atoms. The molecular weight excluding hydrogens is 234 g/mol. The third-order valence-electron chi connectivity index (χ3n) is 2.61. The Morgan fingerprint density at radius 1 is 1.19 bits per heavy atom. The van der Waals surface area contributed by atoms with Gasteiger partial charge in [0.05, 0.1) is 0 Å². The zero-order valence-electron chi connectivity index (χ0n) is 9.07. The molecule has 1 fully saturated rings. The van der Waals surface area contributed by atoms with Gasteiger partial charge in [-0.05, 0) is 20.0 Å². The average molecular weight is 248 g/mol. The van der Waals surface area contributed by atoms with Crippen molar-refractivity contribution in [1.82, 2.24) is 15.1 Å². The minimum absolute atomic E-state index is 0.187. The van der Waals surface area contributed by atoms with Gasteiger partial charge in [0.25, 0.3) is 6.43 Å². The van der Waals surface area contributed by atoms with Gasteiger partial charge in [0.1, 0.15) is 0 Å². The summed E-state index contributed by atoms with van der Waals surface area (Å²) in [5.74, 6) is 0. The van der Waals surface area contributed by atoms with Crippen molar-refractivity contribution in [2.75, 3.05) is 38.1 Å². The van der Waals surface area contributed by atoms with E-state index in [-0.39, 0.29) is 5.01 Å². The van der Waals surface area contributed by atoms with Crippen molar-refractivity contribution in [2.24, 2.45) is 0 Å². The number of halogens is 2. The molecule has 90 valence electrons. The lowest BCUT2D eigenvalue weighted by Gasteiger charge is -2.18. The number of aromatic nitrogens is 2. The van der Waals surface area contributed by atoms with Crippen LogP contribution in [0.2, 0.25) is 0 Å². The molecule has 0 unspecified atom stereocenters. The number of likely N-dealkylation sites (N-methyl/N-ethyl adjacent to an activating group) is 1. The lowest BCUT2D eigenvalue weighted by molar-refractivity contribution is 0.150. The predicted octanol–water partition coefficient (Wildman–Crippen LogP) is 1.62. The number of nitrogens with zero attached hydrogens (tertiary/aromatic N) is 4. The normalized spacial score (nSPS) is 19.1. The number of rotatable bonds is 2. The van der Waals surface area contributed by atoms with E-state index in [9.17, 15) is 8.78 Å². The Bertz CT molecular complexity index is 344. The summed E-state index contributed by atoms with van der Waals surface area (Å²) in [6, 6.07) is 0. The van der Waals surface area contributed by atoms with Crippen LogP contribution < -0.4 is 4.90 Å². The average Bonchev–Trinajstić information content (AvgIpc) is 2.63. The van der Waals surface area contributed by atoms with Gasteiger partial charge < -0.3 is 9.80 Å². The molecule has 0 bridgehead atoms. The Morgan fingerprint density at radius 3 is 2.69 bits per heavy atom. The van der Waals surface area contributed by atoms with E-state index in [4.69, 9.17) is 0 Å².